The number of halogens is 4. The fourth-order valence-corrected chi connectivity index (χ4v) is 3.78. The van der Waals surface area contributed by atoms with E-state index in [9.17, 15) is 17.6 Å². The molecular weight excluding hydrogens is 384 g/mol. The summed E-state index contributed by atoms with van der Waals surface area (Å²) < 4.78 is 63.8. The van der Waals surface area contributed by atoms with Crippen molar-refractivity contribution in [3.05, 3.63) is 59.2 Å². The summed E-state index contributed by atoms with van der Waals surface area (Å²) in [6, 6.07) is 9.11. The molecule has 0 unspecified atom stereocenters. The Morgan fingerprint density at radius 2 is 1.93 bits per heavy atom. The number of benzene rings is 2. The lowest BCUT2D eigenvalue weighted by Gasteiger charge is -2.20. The molecule has 0 radical (unpaired) electrons. The molecule has 0 atom stereocenters. The SMILES string of the molecule is Fc1cc2c(c(CSc3nc(C(F)(F)F)nc4ccccc34)c1)OCOC2. The van der Waals surface area contributed by atoms with Gasteiger partial charge in [-0.1, -0.05) is 18.2 Å². The van der Waals surface area contributed by atoms with Crippen LogP contribution in [0.25, 0.3) is 10.9 Å². The number of alkyl halides is 3. The highest BCUT2D eigenvalue weighted by Gasteiger charge is 2.35. The average Bonchev–Trinajstić information content (AvgIpc) is 2.64. The van der Waals surface area contributed by atoms with Crippen LogP contribution in [0.1, 0.15) is 17.0 Å². The standard InChI is InChI=1S/C18H12F4N2O2S/c19-12-5-10-7-25-9-26-15(10)11(6-12)8-27-16-13-3-1-2-4-14(13)23-17(24-16)18(20,21)22/h1-6H,7-9H2. The Bertz CT molecular complexity index is 1010. The third-order valence-corrected chi connectivity index (χ3v) is 4.98. The van der Waals surface area contributed by atoms with Gasteiger partial charge in [-0.05, 0) is 18.2 Å². The van der Waals surface area contributed by atoms with Gasteiger partial charge in [0.15, 0.2) is 6.79 Å². The Morgan fingerprint density at radius 1 is 1.11 bits per heavy atom. The molecule has 3 aromatic rings. The third-order valence-electron chi connectivity index (χ3n) is 3.94. The van der Waals surface area contributed by atoms with Crippen LogP contribution in [0.4, 0.5) is 17.6 Å². The third kappa shape index (κ3) is 3.70. The van der Waals surface area contributed by atoms with Crippen molar-refractivity contribution in [2.45, 2.75) is 23.6 Å². The zero-order valence-corrected chi connectivity index (χ0v) is 14.5. The van der Waals surface area contributed by atoms with Gasteiger partial charge in [-0.15, -0.1) is 11.8 Å². The first-order valence-corrected chi connectivity index (χ1v) is 8.89. The highest BCUT2D eigenvalue weighted by molar-refractivity contribution is 7.98. The lowest BCUT2D eigenvalue weighted by Crippen LogP contribution is -2.13. The molecule has 0 aliphatic carbocycles. The van der Waals surface area contributed by atoms with Gasteiger partial charge in [-0.25, -0.2) is 14.4 Å². The molecule has 0 bridgehead atoms. The predicted molar refractivity (Wildman–Crippen MR) is 90.8 cm³/mol. The van der Waals surface area contributed by atoms with Gasteiger partial charge in [0.1, 0.15) is 16.6 Å². The van der Waals surface area contributed by atoms with E-state index in [1.54, 1.807) is 18.2 Å². The van der Waals surface area contributed by atoms with E-state index in [1.165, 1.54) is 18.2 Å². The van der Waals surface area contributed by atoms with E-state index in [4.69, 9.17) is 9.47 Å². The number of aromatic nitrogens is 2. The molecule has 4 rings (SSSR count). The lowest BCUT2D eigenvalue weighted by atomic mass is 10.1. The zero-order chi connectivity index (χ0) is 19.0. The summed E-state index contributed by atoms with van der Waals surface area (Å²) in [4.78, 5) is 7.29. The normalized spacial score (nSPS) is 14.1. The van der Waals surface area contributed by atoms with Crippen LogP contribution in [-0.4, -0.2) is 16.8 Å². The van der Waals surface area contributed by atoms with E-state index in [-0.39, 0.29) is 29.7 Å². The smallest absolute Gasteiger partial charge is 0.451 e. The van der Waals surface area contributed by atoms with Crippen LogP contribution >= 0.6 is 11.8 Å². The first kappa shape index (κ1) is 18.0. The molecule has 0 saturated heterocycles. The fourth-order valence-electron chi connectivity index (χ4n) is 2.79. The summed E-state index contributed by atoms with van der Waals surface area (Å²) in [5.74, 6) is -0.959. The van der Waals surface area contributed by atoms with Gasteiger partial charge >= 0.3 is 6.18 Å². The van der Waals surface area contributed by atoms with Crippen molar-refractivity contribution in [3.63, 3.8) is 0 Å². The van der Waals surface area contributed by atoms with E-state index < -0.39 is 17.8 Å². The molecule has 1 aliphatic rings. The molecule has 1 aromatic heterocycles. The molecule has 0 saturated carbocycles. The number of nitrogens with zero attached hydrogens (tertiary/aromatic N) is 2. The molecule has 4 nitrogen and oxygen atoms in total. The van der Waals surface area contributed by atoms with Gasteiger partial charge in [0.2, 0.25) is 5.82 Å². The van der Waals surface area contributed by atoms with Crippen LogP contribution in [0.5, 0.6) is 5.75 Å². The first-order chi connectivity index (χ1) is 12.9. The van der Waals surface area contributed by atoms with Crippen LogP contribution in [0, 0.1) is 5.82 Å². The minimum absolute atomic E-state index is 0.0466. The predicted octanol–water partition coefficient (Wildman–Crippen LogP) is 4.95. The van der Waals surface area contributed by atoms with Gasteiger partial charge in [0.25, 0.3) is 0 Å². The summed E-state index contributed by atoms with van der Waals surface area (Å²) in [5, 5.41) is 0.683. The lowest BCUT2D eigenvalue weighted by molar-refractivity contribution is -0.145. The van der Waals surface area contributed by atoms with Crippen LogP contribution in [0.15, 0.2) is 41.4 Å². The van der Waals surface area contributed by atoms with E-state index in [0.29, 0.717) is 22.3 Å². The molecule has 9 heteroatoms. The summed E-state index contributed by atoms with van der Waals surface area (Å²) >= 11 is 1.08. The first-order valence-electron chi connectivity index (χ1n) is 7.90. The summed E-state index contributed by atoms with van der Waals surface area (Å²) in [5.41, 5.74) is 1.31. The number of thioether (sulfide) groups is 1. The Morgan fingerprint density at radius 3 is 2.74 bits per heavy atom. The van der Waals surface area contributed by atoms with E-state index in [1.807, 2.05) is 0 Å². The van der Waals surface area contributed by atoms with E-state index >= 15 is 0 Å². The molecule has 1 aliphatic heterocycles. The van der Waals surface area contributed by atoms with Crippen LogP contribution in [-0.2, 0) is 23.3 Å². The second kappa shape index (κ2) is 6.97. The van der Waals surface area contributed by atoms with Crippen molar-refractivity contribution in [2.24, 2.45) is 0 Å². The van der Waals surface area contributed by atoms with Crippen molar-refractivity contribution in [3.8, 4) is 5.75 Å². The molecular formula is C18H12F4N2O2S. The fraction of sp³-hybridized carbons (Fsp3) is 0.222. The van der Waals surface area contributed by atoms with Gasteiger partial charge in [-0.3, -0.25) is 0 Å². The number of ether oxygens (including phenoxy) is 2. The van der Waals surface area contributed by atoms with Gasteiger partial charge in [0.05, 0.1) is 12.1 Å². The van der Waals surface area contributed by atoms with Gasteiger partial charge in [-0.2, -0.15) is 13.2 Å². The Balaban J connectivity index is 1.71. The minimum atomic E-state index is -4.65. The largest absolute Gasteiger partial charge is 0.467 e. The molecule has 0 amide bonds. The molecule has 0 N–H and O–H groups in total. The van der Waals surface area contributed by atoms with Crippen molar-refractivity contribution >= 4 is 22.7 Å². The van der Waals surface area contributed by atoms with Gasteiger partial charge in [0, 0.05) is 22.3 Å². The van der Waals surface area contributed by atoms with Crippen molar-refractivity contribution in [1.29, 1.82) is 0 Å². The van der Waals surface area contributed by atoms with E-state index in [2.05, 4.69) is 9.97 Å². The average molecular weight is 396 g/mol. The maximum Gasteiger partial charge on any atom is 0.451 e. The van der Waals surface area contributed by atoms with Crippen molar-refractivity contribution in [2.75, 3.05) is 6.79 Å². The zero-order valence-electron chi connectivity index (χ0n) is 13.7. The number of rotatable bonds is 3. The molecule has 27 heavy (non-hydrogen) atoms. The summed E-state index contributed by atoms with van der Waals surface area (Å²) in [6.07, 6.45) is -4.65. The Kier molecular flexibility index (Phi) is 4.65. The highest BCUT2D eigenvalue weighted by atomic mass is 32.2. The molecule has 2 heterocycles. The Hall–Kier alpha value is -2.39. The maximum atomic E-state index is 13.9. The number of para-hydroxylation sites is 1. The summed E-state index contributed by atoms with van der Waals surface area (Å²) in [7, 11) is 0. The van der Waals surface area contributed by atoms with Crippen LogP contribution in [0.2, 0.25) is 0 Å². The van der Waals surface area contributed by atoms with Crippen molar-refractivity contribution in [1.82, 2.24) is 9.97 Å². The second-order valence-electron chi connectivity index (χ2n) is 5.82. The maximum absolute atomic E-state index is 13.9. The number of hydrogen-bond donors (Lipinski definition) is 0. The monoisotopic (exact) mass is 396 g/mol. The number of fused-ring (bicyclic) bond motifs is 2. The highest BCUT2D eigenvalue weighted by Crippen LogP contribution is 2.36. The molecule has 0 fully saturated rings. The minimum Gasteiger partial charge on any atom is -0.467 e. The molecule has 2 aromatic carbocycles. The quantitative estimate of drug-likeness (QED) is 0.356. The molecule has 0 spiro atoms. The second-order valence-corrected chi connectivity index (χ2v) is 6.78. The summed E-state index contributed by atoms with van der Waals surface area (Å²) in [6.45, 7) is 0.268. The molecule has 140 valence electrons. The van der Waals surface area contributed by atoms with Crippen LogP contribution in [0.3, 0.4) is 0 Å². The van der Waals surface area contributed by atoms with E-state index in [0.717, 1.165) is 11.8 Å². The van der Waals surface area contributed by atoms with Crippen molar-refractivity contribution < 1.29 is 27.0 Å². The number of hydrogen-bond acceptors (Lipinski definition) is 5. The topological polar surface area (TPSA) is 44.2 Å². The van der Waals surface area contributed by atoms with Crippen LogP contribution < -0.4 is 4.74 Å². The Labute approximate surface area is 155 Å². The van der Waals surface area contributed by atoms with Gasteiger partial charge < -0.3 is 9.47 Å².